The molecule has 1 aromatic carbocycles. The minimum atomic E-state index is -0.136. The predicted octanol–water partition coefficient (Wildman–Crippen LogP) is 3.69. The third kappa shape index (κ3) is 3.21. The van der Waals surface area contributed by atoms with Gasteiger partial charge in [-0.1, -0.05) is 19.4 Å². The molecular weight excluding hydrogens is 238 g/mol. The second-order valence-electron chi connectivity index (χ2n) is 5.80. The van der Waals surface area contributed by atoms with Gasteiger partial charge in [0.25, 0.3) is 0 Å². The maximum Gasteiger partial charge on any atom is 0.128 e. The molecule has 1 aromatic rings. The Bertz CT molecular complexity index is 429. The quantitative estimate of drug-likeness (QED) is 0.822. The van der Waals surface area contributed by atoms with Crippen LogP contribution in [0, 0.1) is 0 Å². The fourth-order valence-electron chi connectivity index (χ4n) is 2.69. The lowest BCUT2D eigenvalue weighted by atomic mass is 9.89. The van der Waals surface area contributed by atoms with Crippen LogP contribution in [0.4, 0.5) is 0 Å². The second kappa shape index (κ2) is 5.83. The number of methoxy groups -OCH3 is 1. The van der Waals surface area contributed by atoms with Crippen LogP contribution >= 0.6 is 0 Å². The van der Waals surface area contributed by atoms with E-state index in [0.717, 1.165) is 24.5 Å². The molecule has 0 aromatic heterocycles. The molecule has 3 heteroatoms. The molecule has 0 aliphatic carbocycles. The van der Waals surface area contributed by atoms with Gasteiger partial charge < -0.3 is 14.8 Å². The minimum Gasteiger partial charge on any atom is -0.496 e. The molecule has 1 atom stereocenters. The number of unbranched alkanes of at least 4 members (excludes halogenated alkanes) is 1. The van der Waals surface area contributed by atoms with Crippen molar-refractivity contribution in [1.29, 1.82) is 0 Å². The van der Waals surface area contributed by atoms with Crippen molar-refractivity contribution < 1.29 is 9.47 Å². The molecule has 0 amide bonds. The highest BCUT2D eigenvalue weighted by atomic mass is 16.5. The third-order valence-electron chi connectivity index (χ3n) is 3.60. The number of rotatable bonds is 5. The van der Waals surface area contributed by atoms with Crippen molar-refractivity contribution in [3.8, 4) is 11.5 Å². The summed E-state index contributed by atoms with van der Waals surface area (Å²) < 4.78 is 11.6. The Kier molecular flexibility index (Phi) is 4.35. The van der Waals surface area contributed by atoms with Crippen molar-refractivity contribution in [3.63, 3.8) is 0 Å². The van der Waals surface area contributed by atoms with Crippen LogP contribution in [0.5, 0.6) is 11.5 Å². The third-order valence-corrected chi connectivity index (χ3v) is 3.60. The maximum atomic E-state index is 6.08. The van der Waals surface area contributed by atoms with E-state index in [1.165, 1.54) is 18.4 Å². The number of hydrogen-bond donors (Lipinski definition) is 1. The van der Waals surface area contributed by atoms with Gasteiger partial charge >= 0.3 is 0 Å². The van der Waals surface area contributed by atoms with E-state index < -0.39 is 0 Å². The highest BCUT2D eigenvalue weighted by Crippen LogP contribution is 2.43. The monoisotopic (exact) mass is 263 g/mol. The Morgan fingerprint density at radius 1 is 1.42 bits per heavy atom. The second-order valence-corrected chi connectivity index (χ2v) is 5.80. The van der Waals surface area contributed by atoms with Gasteiger partial charge in [0.15, 0.2) is 0 Å². The average molecular weight is 263 g/mol. The largest absolute Gasteiger partial charge is 0.496 e. The van der Waals surface area contributed by atoms with E-state index in [9.17, 15) is 0 Å². The summed E-state index contributed by atoms with van der Waals surface area (Å²) in [6.07, 6.45) is 3.37. The van der Waals surface area contributed by atoms with Crippen LogP contribution in [0.1, 0.15) is 51.6 Å². The maximum absolute atomic E-state index is 6.08. The van der Waals surface area contributed by atoms with Crippen molar-refractivity contribution in [2.45, 2.75) is 51.7 Å². The van der Waals surface area contributed by atoms with Crippen LogP contribution in [-0.2, 0) is 0 Å². The van der Waals surface area contributed by atoms with E-state index in [2.05, 4.69) is 26.1 Å². The summed E-state index contributed by atoms with van der Waals surface area (Å²) in [7, 11) is 1.72. The van der Waals surface area contributed by atoms with Gasteiger partial charge in [0.1, 0.15) is 17.1 Å². The number of benzene rings is 1. The molecule has 0 spiro atoms. The normalized spacial score (nSPS) is 20.5. The van der Waals surface area contributed by atoms with Gasteiger partial charge in [-0.2, -0.15) is 0 Å². The first-order chi connectivity index (χ1) is 9.07. The van der Waals surface area contributed by atoms with Crippen molar-refractivity contribution >= 4 is 0 Å². The molecule has 106 valence electrons. The fraction of sp³-hybridized carbons (Fsp3) is 0.625. The molecule has 1 N–H and O–H groups in total. The molecular formula is C16H25NO2. The lowest BCUT2D eigenvalue weighted by Crippen LogP contribution is -2.39. The van der Waals surface area contributed by atoms with E-state index >= 15 is 0 Å². The van der Waals surface area contributed by atoms with E-state index in [0.29, 0.717) is 6.04 Å². The molecule has 2 rings (SSSR count). The van der Waals surface area contributed by atoms with Crippen LogP contribution in [0.3, 0.4) is 0 Å². The van der Waals surface area contributed by atoms with Gasteiger partial charge in [-0.15, -0.1) is 0 Å². The van der Waals surface area contributed by atoms with E-state index in [1.54, 1.807) is 7.11 Å². The van der Waals surface area contributed by atoms with Crippen molar-refractivity contribution in [1.82, 2.24) is 5.32 Å². The van der Waals surface area contributed by atoms with Gasteiger partial charge in [0.05, 0.1) is 12.7 Å². The Hall–Kier alpha value is -1.22. The standard InChI is InChI=1S/C16H25NO2/c1-5-6-10-17-12-11-16(2,3)19-14-9-7-8-13(18-4)15(12)14/h7-9,12,17H,5-6,10-11H2,1-4H3. The van der Waals surface area contributed by atoms with Crippen LogP contribution in [0.2, 0.25) is 0 Å². The van der Waals surface area contributed by atoms with Crippen molar-refractivity contribution in [2.24, 2.45) is 0 Å². The molecule has 0 saturated carbocycles. The molecule has 1 aliphatic rings. The lowest BCUT2D eigenvalue weighted by Gasteiger charge is -2.38. The first-order valence-electron chi connectivity index (χ1n) is 7.16. The first-order valence-corrected chi connectivity index (χ1v) is 7.16. The van der Waals surface area contributed by atoms with Gasteiger partial charge in [-0.05, 0) is 38.9 Å². The molecule has 0 bridgehead atoms. The molecule has 1 heterocycles. The first kappa shape index (κ1) is 14.2. The molecule has 0 radical (unpaired) electrons. The highest BCUT2D eigenvalue weighted by molar-refractivity contribution is 5.48. The van der Waals surface area contributed by atoms with Crippen LogP contribution in [0.15, 0.2) is 18.2 Å². The lowest BCUT2D eigenvalue weighted by molar-refractivity contribution is 0.0648. The summed E-state index contributed by atoms with van der Waals surface area (Å²) in [5, 5.41) is 3.65. The Balaban J connectivity index is 2.28. The molecule has 1 unspecified atom stereocenters. The Morgan fingerprint density at radius 3 is 2.89 bits per heavy atom. The smallest absolute Gasteiger partial charge is 0.128 e. The topological polar surface area (TPSA) is 30.5 Å². The van der Waals surface area contributed by atoms with E-state index in [1.807, 2.05) is 18.2 Å². The average Bonchev–Trinajstić information content (AvgIpc) is 2.36. The van der Waals surface area contributed by atoms with E-state index in [4.69, 9.17) is 9.47 Å². The number of hydrogen-bond acceptors (Lipinski definition) is 3. The molecule has 0 saturated heterocycles. The van der Waals surface area contributed by atoms with Crippen LogP contribution in [-0.4, -0.2) is 19.3 Å². The van der Waals surface area contributed by atoms with Crippen molar-refractivity contribution in [2.75, 3.05) is 13.7 Å². The Labute approximate surface area is 116 Å². The summed E-state index contributed by atoms with van der Waals surface area (Å²) >= 11 is 0. The molecule has 0 fully saturated rings. The van der Waals surface area contributed by atoms with Gasteiger partial charge in [-0.3, -0.25) is 0 Å². The zero-order valence-electron chi connectivity index (χ0n) is 12.5. The molecule has 3 nitrogen and oxygen atoms in total. The summed E-state index contributed by atoms with van der Waals surface area (Å²) in [6, 6.07) is 6.34. The van der Waals surface area contributed by atoms with Crippen molar-refractivity contribution in [3.05, 3.63) is 23.8 Å². The van der Waals surface area contributed by atoms with Crippen LogP contribution < -0.4 is 14.8 Å². The number of ether oxygens (including phenoxy) is 2. The highest BCUT2D eigenvalue weighted by Gasteiger charge is 2.35. The summed E-state index contributed by atoms with van der Waals surface area (Å²) in [4.78, 5) is 0. The zero-order chi connectivity index (χ0) is 13.9. The van der Waals surface area contributed by atoms with Gasteiger partial charge in [0, 0.05) is 12.5 Å². The summed E-state index contributed by atoms with van der Waals surface area (Å²) in [5.74, 6) is 1.87. The Morgan fingerprint density at radius 2 is 2.21 bits per heavy atom. The SMILES string of the molecule is CCCCNC1CC(C)(C)Oc2cccc(OC)c21. The molecule has 1 aliphatic heterocycles. The zero-order valence-corrected chi connectivity index (χ0v) is 12.5. The summed E-state index contributed by atoms with van der Waals surface area (Å²) in [5.41, 5.74) is 1.03. The predicted molar refractivity (Wildman–Crippen MR) is 78.0 cm³/mol. The van der Waals surface area contributed by atoms with Gasteiger partial charge in [-0.25, -0.2) is 0 Å². The number of fused-ring (bicyclic) bond motifs is 1. The van der Waals surface area contributed by atoms with Crippen LogP contribution in [0.25, 0.3) is 0 Å². The fourth-order valence-corrected chi connectivity index (χ4v) is 2.69. The minimum absolute atomic E-state index is 0.136. The molecule has 19 heavy (non-hydrogen) atoms. The summed E-state index contributed by atoms with van der Waals surface area (Å²) in [6.45, 7) is 7.53. The van der Waals surface area contributed by atoms with E-state index in [-0.39, 0.29) is 5.60 Å². The number of nitrogens with one attached hydrogen (secondary N) is 1. The van der Waals surface area contributed by atoms with Gasteiger partial charge in [0.2, 0.25) is 0 Å².